The van der Waals surface area contributed by atoms with E-state index in [1.807, 2.05) is 30.3 Å². The Labute approximate surface area is 117 Å². The lowest BCUT2D eigenvalue weighted by molar-refractivity contribution is -0.130. The minimum Gasteiger partial charge on any atom is -0.423 e. The first kappa shape index (κ1) is 13.6. The Bertz CT molecular complexity index is 694. The summed E-state index contributed by atoms with van der Waals surface area (Å²) in [5, 5.41) is 9.09. The monoisotopic (exact) mass is 263 g/mol. The van der Waals surface area contributed by atoms with Gasteiger partial charge in [-0.3, -0.25) is 0 Å². The van der Waals surface area contributed by atoms with Gasteiger partial charge in [0, 0.05) is 5.57 Å². The van der Waals surface area contributed by atoms with E-state index in [-0.39, 0.29) is 0 Å². The molecule has 0 aliphatic rings. The molecule has 98 valence electrons. The Kier molecular flexibility index (Phi) is 3.97. The number of rotatable bonds is 3. The number of benzene rings is 2. The lowest BCUT2D eigenvalue weighted by Gasteiger charge is -2.06. The molecule has 0 fully saturated rings. The Morgan fingerprint density at radius 2 is 1.80 bits per heavy atom. The molecule has 0 spiro atoms. The first-order valence-electron chi connectivity index (χ1n) is 6.09. The second-order valence-electron chi connectivity index (χ2n) is 4.35. The molecule has 2 aromatic carbocycles. The highest BCUT2D eigenvalue weighted by Crippen LogP contribution is 2.25. The van der Waals surface area contributed by atoms with E-state index in [1.54, 1.807) is 25.1 Å². The average molecular weight is 263 g/mol. The van der Waals surface area contributed by atoms with E-state index in [2.05, 4.69) is 12.6 Å². The van der Waals surface area contributed by atoms with E-state index in [9.17, 15) is 4.79 Å². The van der Waals surface area contributed by atoms with Crippen LogP contribution in [0.1, 0.15) is 12.5 Å². The zero-order chi connectivity index (χ0) is 14.5. The van der Waals surface area contributed by atoms with Crippen LogP contribution in [-0.2, 0) is 4.79 Å². The number of esters is 1. The molecular weight excluding hydrogens is 250 g/mol. The van der Waals surface area contributed by atoms with Crippen LogP contribution in [0.5, 0.6) is 5.75 Å². The van der Waals surface area contributed by atoms with Gasteiger partial charge in [0.15, 0.2) is 0 Å². The molecule has 20 heavy (non-hydrogen) atoms. The molecule has 2 aromatic rings. The zero-order valence-electron chi connectivity index (χ0n) is 11.1. The first-order valence-corrected chi connectivity index (χ1v) is 6.09. The van der Waals surface area contributed by atoms with Crippen LogP contribution in [0.25, 0.3) is 11.1 Å². The molecule has 0 saturated carbocycles. The summed E-state index contributed by atoms with van der Waals surface area (Å²) in [6, 6.07) is 16.5. The van der Waals surface area contributed by atoms with Gasteiger partial charge in [-0.2, -0.15) is 5.26 Å². The van der Waals surface area contributed by atoms with Gasteiger partial charge in [-0.1, -0.05) is 36.9 Å². The number of hydrogen-bond acceptors (Lipinski definition) is 3. The summed E-state index contributed by atoms with van der Waals surface area (Å²) in [6.07, 6.45) is 0. The maximum Gasteiger partial charge on any atom is 0.338 e. The smallest absolute Gasteiger partial charge is 0.338 e. The van der Waals surface area contributed by atoms with Gasteiger partial charge in [0.2, 0.25) is 0 Å². The molecule has 0 atom stereocenters. The molecular formula is C17H13NO2. The van der Waals surface area contributed by atoms with Gasteiger partial charge in [0.05, 0.1) is 11.6 Å². The molecule has 2 rings (SSSR count). The van der Waals surface area contributed by atoms with Crippen molar-refractivity contribution in [2.75, 3.05) is 0 Å². The summed E-state index contributed by atoms with van der Waals surface area (Å²) in [4.78, 5) is 11.4. The first-order chi connectivity index (χ1) is 9.61. The van der Waals surface area contributed by atoms with Crippen LogP contribution in [-0.4, -0.2) is 5.97 Å². The van der Waals surface area contributed by atoms with Crippen LogP contribution in [0.2, 0.25) is 0 Å². The summed E-state index contributed by atoms with van der Waals surface area (Å²) in [7, 11) is 0. The topological polar surface area (TPSA) is 50.1 Å². The van der Waals surface area contributed by atoms with Crippen LogP contribution in [0.3, 0.4) is 0 Å². The van der Waals surface area contributed by atoms with E-state index in [4.69, 9.17) is 10.00 Å². The lowest BCUT2D eigenvalue weighted by atomic mass is 10.0. The third kappa shape index (κ3) is 2.93. The van der Waals surface area contributed by atoms with Crippen molar-refractivity contribution in [1.82, 2.24) is 0 Å². The second-order valence-corrected chi connectivity index (χ2v) is 4.35. The third-order valence-electron chi connectivity index (χ3n) is 2.77. The molecule has 0 unspecified atom stereocenters. The molecule has 0 saturated heterocycles. The largest absolute Gasteiger partial charge is 0.423 e. The van der Waals surface area contributed by atoms with Crippen LogP contribution >= 0.6 is 0 Å². The Balaban J connectivity index is 2.27. The maximum absolute atomic E-state index is 11.4. The second kappa shape index (κ2) is 5.85. The van der Waals surface area contributed by atoms with E-state index < -0.39 is 5.97 Å². The van der Waals surface area contributed by atoms with Crippen molar-refractivity contribution in [2.24, 2.45) is 0 Å². The Hall–Kier alpha value is -2.86. The highest BCUT2D eigenvalue weighted by Gasteiger charge is 2.07. The fourth-order valence-electron chi connectivity index (χ4n) is 1.73. The van der Waals surface area contributed by atoms with Gasteiger partial charge >= 0.3 is 5.97 Å². The molecule has 0 aliphatic carbocycles. The van der Waals surface area contributed by atoms with Crippen LogP contribution in [0.15, 0.2) is 60.7 Å². The van der Waals surface area contributed by atoms with Gasteiger partial charge < -0.3 is 4.74 Å². The maximum atomic E-state index is 11.4. The van der Waals surface area contributed by atoms with Crippen molar-refractivity contribution in [3.63, 3.8) is 0 Å². The molecule has 0 bridgehead atoms. The Morgan fingerprint density at radius 1 is 1.15 bits per heavy atom. The van der Waals surface area contributed by atoms with Crippen molar-refractivity contribution < 1.29 is 9.53 Å². The van der Waals surface area contributed by atoms with Crippen molar-refractivity contribution >= 4 is 5.97 Å². The van der Waals surface area contributed by atoms with E-state index in [0.29, 0.717) is 16.9 Å². The standard InChI is InChI=1S/C17H13NO2/c1-12(2)17(19)20-15-9-7-13(8-10-15)16-6-4-3-5-14(16)11-18/h3-10H,1H2,2H3. The number of ether oxygens (including phenoxy) is 1. The fraction of sp³-hybridized carbons (Fsp3) is 0.0588. The van der Waals surface area contributed by atoms with Crippen LogP contribution in [0, 0.1) is 11.3 Å². The van der Waals surface area contributed by atoms with Crippen molar-refractivity contribution in [2.45, 2.75) is 6.92 Å². The minimum absolute atomic E-state index is 0.351. The van der Waals surface area contributed by atoms with Gasteiger partial charge in [-0.25, -0.2) is 4.79 Å². The molecule has 3 heteroatoms. The van der Waals surface area contributed by atoms with Crippen molar-refractivity contribution in [1.29, 1.82) is 5.26 Å². The van der Waals surface area contributed by atoms with Gasteiger partial charge in [-0.05, 0) is 36.2 Å². The minimum atomic E-state index is -0.449. The lowest BCUT2D eigenvalue weighted by Crippen LogP contribution is -2.07. The van der Waals surface area contributed by atoms with Crippen LogP contribution < -0.4 is 4.74 Å². The summed E-state index contributed by atoms with van der Waals surface area (Å²) >= 11 is 0. The van der Waals surface area contributed by atoms with Gasteiger partial charge in [-0.15, -0.1) is 0 Å². The van der Waals surface area contributed by atoms with E-state index >= 15 is 0 Å². The number of nitriles is 1. The number of nitrogens with zero attached hydrogens (tertiary/aromatic N) is 1. The molecule has 0 heterocycles. The summed E-state index contributed by atoms with van der Waals surface area (Å²) in [6.45, 7) is 5.13. The summed E-state index contributed by atoms with van der Waals surface area (Å²) < 4.78 is 5.12. The molecule has 0 radical (unpaired) electrons. The third-order valence-corrected chi connectivity index (χ3v) is 2.77. The summed E-state index contributed by atoms with van der Waals surface area (Å²) in [5.41, 5.74) is 2.72. The van der Waals surface area contributed by atoms with Gasteiger partial charge in [0.1, 0.15) is 5.75 Å². The number of carbonyl (C=O) groups excluding carboxylic acids is 1. The highest BCUT2D eigenvalue weighted by atomic mass is 16.5. The van der Waals surface area contributed by atoms with E-state index in [1.165, 1.54) is 0 Å². The van der Waals surface area contributed by atoms with Crippen molar-refractivity contribution in [3.05, 3.63) is 66.2 Å². The summed E-state index contributed by atoms with van der Waals surface area (Å²) in [5.74, 6) is 0.00589. The predicted octanol–water partition coefficient (Wildman–Crippen LogP) is 3.71. The number of carbonyl (C=O) groups is 1. The quantitative estimate of drug-likeness (QED) is 0.482. The van der Waals surface area contributed by atoms with E-state index in [0.717, 1.165) is 11.1 Å². The molecule has 3 nitrogen and oxygen atoms in total. The molecule has 0 aromatic heterocycles. The normalized spacial score (nSPS) is 9.60. The van der Waals surface area contributed by atoms with Gasteiger partial charge in [0.25, 0.3) is 0 Å². The SMILES string of the molecule is C=C(C)C(=O)Oc1ccc(-c2ccccc2C#N)cc1. The molecule has 0 aliphatic heterocycles. The Morgan fingerprint density at radius 3 is 2.40 bits per heavy atom. The molecule has 0 N–H and O–H groups in total. The zero-order valence-corrected chi connectivity index (χ0v) is 11.1. The fourth-order valence-corrected chi connectivity index (χ4v) is 1.73. The molecule has 0 amide bonds. The number of hydrogen-bond donors (Lipinski definition) is 0. The van der Waals surface area contributed by atoms with Crippen LogP contribution in [0.4, 0.5) is 0 Å². The predicted molar refractivity (Wildman–Crippen MR) is 77.0 cm³/mol. The van der Waals surface area contributed by atoms with Crippen molar-refractivity contribution in [3.8, 4) is 22.9 Å². The highest BCUT2D eigenvalue weighted by molar-refractivity contribution is 5.88. The average Bonchev–Trinajstić information content (AvgIpc) is 2.48.